The summed E-state index contributed by atoms with van der Waals surface area (Å²) in [6.07, 6.45) is -0.489. The largest absolute Gasteiger partial charge is 0.419 e. The number of carbonyl (C=O) groups is 1. The summed E-state index contributed by atoms with van der Waals surface area (Å²) in [6.45, 7) is 0. The second-order valence-corrected chi connectivity index (χ2v) is 5.31. The van der Waals surface area contributed by atoms with Crippen LogP contribution in [0.5, 0.6) is 5.75 Å². The first-order valence-electron chi connectivity index (χ1n) is 7.15. The third kappa shape index (κ3) is 2.59. The van der Waals surface area contributed by atoms with Crippen molar-refractivity contribution in [1.29, 1.82) is 0 Å². The molecule has 0 aliphatic heterocycles. The molecular formula is C17H17N3O3. The van der Waals surface area contributed by atoms with Gasteiger partial charge >= 0.3 is 11.8 Å². The smallest absolute Gasteiger partial charge is 0.410 e. The molecule has 0 aliphatic carbocycles. The van der Waals surface area contributed by atoms with Crippen LogP contribution in [0.25, 0.3) is 11.0 Å². The molecule has 0 fully saturated rings. The van der Waals surface area contributed by atoms with Gasteiger partial charge in [-0.2, -0.15) is 0 Å². The number of hydrogen-bond donors (Lipinski definition) is 0. The number of hydrogen-bond acceptors (Lipinski definition) is 3. The van der Waals surface area contributed by atoms with Crippen LogP contribution in [0.1, 0.15) is 0 Å². The second-order valence-electron chi connectivity index (χ2n) is 5.31. The highest BCUT2D eigenvalue weighted by atomic mass is 16.6. The molecule has 3 rings (SSSR count). The van der Waals surface area contributed by atoms with Crippen molar-refractivity contribution >= 4 is 22.8 Å². The number of ether oxygens (including phenoxy) is 1. The van der Waals surface area contributed by atoms with Gasteiger partial charge in [-0.1, -0.05) is 18.2 Å². The topological polar surface area (TPSA) is 56.5 Å². The number of aromatic nitrogens is 2. The van der Waals surface area contributed by atoms with Gasteiger partial charge in [0, 0.05) is 26.8 Å². The highest BCUT2D eigenvalue weighted by Crippen LogP contribution is 2.21. The molecule has 0 saturated carbocycles. The number of anilines is 1. The number of benzene rings is 2. The van der Waals surface area contributed by atoms with Gasteiger partial charge in [0.15, 0.2) is 0 Å². The first-order valence-corrected chi connectivity index (χ1v) is 7.15. The lowest BCUT2D eigenvalue weighted by molar-refractivity contribution is 0.209. The van der Waals surface area contributed by atoms with Crippen LogP contribution in [-0.2, 0) is 14.1 Å². The molecule has 6 nitrogen and oxygen atoms in total. The number of amides is 1. The second kappa shape index (κ2) is 5.64. The standard InChI is InChI=1S/C17H17N3O3/c1-18(17(22)23-13-7-5-4-6-8-13)12-9-10-14-15(11-12)20(3)16(21)19(14)2/h4-11H,1-3H3. The zero-order valence-electron chi connectivity index (χ0n) is 13.2. The highest BCUT2D eigenvalue weighted by molar-refractivity contribution is 5.91. The Labute approximate surface area is 133 Å². The number of carbonyl (C=O) groups excluding carboxylic acids is 1. The van der Waals surface area contributed by atoms with Crippen LogP contribution in [0.4, 0.5) is 10.5 Å². The first kappa shape index (κ1) is 14.9. The molecule has 0 N–H and O–H groups in total. The minimum absolute atomic E-state index is 0.105. The van der Waals surface area contributed by atoms with Gasteiger partial charge in [-0.05, 0) is 30.3 Å². The fourth-order valence-electron chi connectivity index (χ4n) is 2.47. The third-order valence-corrected chi connectivity index (χ3v) is 3.87. The van der Waals surface area contributed by atoms with Gasteiger partial charge in [-0.3, -0.25) is 14.0 Å². The van der Waals surface area contributed by atoms with E-state index < -0.39 is 6.09 Å². The zero-order valence-corrected chi connectivity index (χ0v) is 13.2. The van der Waals surface area contributed by atoms with E-state index in [1.165, 1.54) is 4.90 Å². The molecule has 0 radical (unpaired) electrons. The summed E-state index contributed by atoms with van der Waals surface area (Å²) < 4.78 is 8.44. The Morgan fingerprint density at radius 3 is 2.35 bits per heavy atom. The molecule has 0 atom stereocenters. The number of nitrogens with zero attached hydrogens (tertiary/aromatic N) is 3. The van der Waals surface area contributed by atoms with Gasteiger partial charge in [0.2, 0.25) is 0 Å². The Hall–Kier alpha value is -3.02. The molecular weight excluding hydrogens is 294 g/mol. The van der Waals surface area contributed by atoms with E-state index in [1.807, 2.05) is 12.1 Å². The van der Waals surface area contributed by atoms with E-state index in [0.29, 0.717) is 11.4 Å². The number of aryl methyl sites for hydroxylation is 2. The molecule has 0 unspecified atom stereocenters. The summed E-state index contributed by atoms with van der Waals surface area (Å²) in [5.74, 6) is 0.484. The van der Waals surface area contributed by atoms with Gasteiger partial charge in [-0.15, -0.1) is 0 Å². The van der Waals surface area contributed by atoms with E-state index in [4.69, 9.17) is 4.74 Å². The first-order chi connectivity index (χ1) is 11.0. The average Bonchev–Trinajstić information content (AvgIpc) is 2.79. The van der Waals surface area contributed by atoms with E-state index in [1.54, 1.807) is 66.7 Å². The molecule has 0 spiro atoms. The van der Waals surface area contributed by atoms with Crippen molar-refractivity contribution in [3.05, 3.63) is 59.0 Å². The Morgan fingerprint density at radius 2 is 1.65 bits per heavy atom. The molecule has 1 amide bonds. The van der Waals surface area contributed by atoms with E-state index in [-0.39, 0.29) is 5.69 Å². The van der Waals surface area contributed by atoms with Gasteiger partial charge in [0.05, 0.1) is 11.0 Å². The summed E-state index contributed by atoms with van der Waals surface area (Å²) in [4.78, 5) is 25.6. The average molecular weight is 311 g/mol. The maximum Gasteiger partial charge on any atom is 0.419 e. The normalized spacial score (nSPS) is 10.7. The lowest BCUT2D eigenvalue weighted by atomic mass is 10.2. The van der Waals surface area contributed by atoms with Crippen molar-refractivity contribution in [3.8, 4) is 5.75 Å². The van der Waals surface area contributed by atoms with Crippen LogP contribution in [0.15, 0.2) is 53.3 Å². The van der Waals surface area contributed by atoms with Crippen molar-refractivity contribution in [3.63, 3.8) is 0 Å². The summed E-state index contributed by atoms with van der Waals surface area (Å²) in [7, 11) is 5.06. The van der Waals surface area contributed by atoms with Crippen molar-refractivity contribution in [2.24, 2.45) is 14.1 Å². The summed E-state index contributed by atoms with van der Waals surface area (Å²) in [5.41, 5.74) is 2.12. The molecule has 1 heterocycles. The Balaban J connectivity index is 1.92. The number of fused-ring (bicyclic) bond motifs is 1. The monoisotopic (exact) mass is 311 g/mol. The molecule has 0 aliphatic rings. The molecule has 118 valence electrons. The van der Waals surface area contributed by atoms with Gasteiger partial charge in [0.1, 0.15) is 5.75 Å². The van der Waals surface area contributed by atoms with Crippen molar-refractivity contribution < 1.29 is 9.53 Å². The quantitative estimate of drug-likeness (QED) is 0.730. The minimum Gasteiger partial charge on any atom is -0.410 e. The molecule has 2 aromatic carbocycles. The van der Waals surface area contributed by atoms with E-state index in [2.05, 4.69) is 0 Å². The molecule has 0 bridgehead atoms. The van der Waals surface area contributed by atoms with Crippen LogP contribution in [0, 0.1) is 0 Å². The van der Waals surface area contributed by atoms with Gasteiger partial charge in [0.25, 0.3) is 0 Å². The Kier molecular flexibility index (Phi) is 3.65. The van der Waals surface area contributed by atoms with Gasteiger partial charge in [-0.25, -0.2) is 9.59 Å². The zero-order chi connectivity index (χ0) is 16.6. The maximum absolute atomic E-state index is 12.2. The van der Waals surface area contributed by atoms with Crippen molar-refractivity contribution in [2.45, 2.75) is 0 Å². The summed E-state index contributed by atoms with van der Waals surface area (Å²) in [5, 5.41) is 0. The molecule has 1 aromatic heterocycles. The summed E-state index contributed by atoms with van der Waals surface area (Å²) >= 11 is 0. The third-order valence-electron chi connectivity index (χ3n) is 3.87. The molecule has 6 heteroatoms. The predicted molar refractivity (Wildman–Crippen MR) is 89.0 cm³/mol. The van der Waals surface area contributed by atoms with Crippen LogP contribution in [0.2, 0.25) is 0 Å². The van der Waals surface area contributed by atoms with Crippen LogP contribution in [-0.4, -0.2) is 22.3 Å². The van der Waals surface area contributed by atoms with Gasteiger partial charge < -0.3 is 4.74 Å². The minimum atomic E-state index is -0.489. The summed E-state index contributed by atoms with van der Waals surface area (Å²) in [6, 6.07) is 14.3. The van der Waals surface area contributed by atoms with E-state index in [9.17, 15) is 9.59 Å². The molecule has 0 saturated heterocycles. The lowest BCUT2D eigenvalue weighted by Crippen LogP contribution is -2.29. The fourth-order valence-corrected chi connectivity index (χ4v) is 2.47. The number of imidazole rings is 1. The Bertz CT molecular complexity index is 925. The van der Waals surface area contributed by atoms with Crippen molar-refractivity contribution in [2.75, 3.05) is 11.9 Å². The van der Waals surface area contributed by atoms with E-state index in [0.717, 1.165) is 11.0 Å². The van der Waals surface area contributed by atoms with Crippen LogP contribution >= 0.6 is 0 Å². The van der Waals surface area contributed by atoms with Crippen LogP contribution in [0.3, 0.4) is 0 Å². The molecule has 3 aromatic rings. The van der Waals surface area contributed by atoms with E-state index >= 15 is 0 Å². The fraction of sp³-hybridized carbons (Fsp3) is 0.176. The SMILES string of the molecule is CN(C(=O)Oc1ccccc1)c1ccc2c(c1)n(C)c(=O)n2C. The highest BCUT2D eigenvalue weighted by Gasteiger charge is 2.16. The molecule has 23 heavy (non-hydrogen) atoms. The maximum atomic E-state index is 12.2. The predicted octanol–water partition coefficient (Wildman–Crippen LogP) is 2.51. The lowest BCUT2D eigenvalue weighted by Gasteiger charge is -2.17. The Morgan fingerprint density at radius 1 is 1.00 bits per heavy atom. The van der Waals surface area contributed by atoms with Crippen molar-refractivity contribution in [1.82, 2.24) is 9.13 Å². The number of rotatable bonds is 2. The van der Waals surface area contributed by atoms with Crippen LogP contribution < -0.4 is 15.3 Å². The number of para-hydroxylation sites is 1.